The Kier molecular flexibility index (Phi) is 6.45. The zero-order valence-corrected chi connectivity index (χ0v) is 8.11. The van der Waals surface area contributed by atoms with Crippen LogP contribution >= 0.6 is 0 Å². The van der Waals surface area contributed by atoms with Crippen LogP contribution in [-0.4, -0.2) is 0 Å². The van der Waals surface area contributed by atoms with E-state index < -0.39 is 0 Å². The molecule has 0 aliphatic rings. The third kappa shape index (κ3) is 4.08. The summed E-state index contributed by atoms with van der Waals surface area (Å²) in [6, 6.07) is 9.71. The van der Waals surface area contributed by atoms with Crippen LogP contribution in [0.5, 0.6) is 0 Å². The van der Waals surface area contributed by atoms with Crippen molar-refractivity contribution >= 4 is 12.2 Å². The first-order valence-electron chi connectivity index (χ1n) is 4.14. The van der Waals surface area contributed by atoms with Crippen LogP contribution in [0.3, 0.4) is 0 Å². The largest absolute Gasteiger partial charge is 0.193 e. The van der Waals surface area contributed by atoms with Gasteiger partial charge >= 0.3 is 0 Å². The van der Waals surface area contributed by atoms with Crippen LogP contribution in [0.25, 0.3) is 12.2 Å². The van der Waals surface area contributed by atoms with Crippen LogP contribution in [-0.2, 0) is 0 Å². The highest BCUT2D eigenvalue weighted by Gasteiger charge is 1.89. The van der Waals surface area contributed by atoms with Crippen molar-refractivity contribution in [2.45, 2.75) is 0 Å². The highest BCUT2D eigenvalue weighted by atomic mass is 14.2. The summed E-state index contributed by atoms with van der Waals surface area (Å²) in [6.07, 6.45) is 4.84. The smallest absolute Gasteiger partial charge is 0.0905 e. The Morgan fingerprint density at radius 1 is 1.00 bits per heavy atom. The molecule has 0 heterocycles. The van der Waals surface area contributed by atoms with E-state index in [1.807, 2.05) is 36.4 Å². The zero-order chi connectivity index (χ0) is 10.8. The molecule has 0 aliphatic carbocycles. The molecule has 0 spiro atoms. The predicted octanol–water partition coefficient (Wildman–Crippen LogP) is 3.67. The second kappa shape index (κ2) is 7.57. The third-order valence-corrected chi connectivity index (χ3v) is 1.53. The molecule has 0 fully saturated rings. The lowest BCUT2D eigenvalue weighted by atomic mass is 10.1. The molecule has 1 heteroatoms. The van der Waals surface area contributed by atoms with Gasteiger partial charge in [-0.1, -0.05) is 56.2 Å². The van der Waals surface area contributed by atoms with Crippen molar-refractivity contribution in [3.63, 3.8) is 0 Å². The summed E-state index contributed by atoms with van der Waals surface area (Å²) in [4.78, 5) is 0. The Labute approximate surface area is 85.3 Å². The van der Waals surface area contributed by atoms with Crippen LogP contribution in [0, 0.1) is 11.3 Å². The van der Waals surface area contributed by atoms with Crippen molar-refractivity contribution in [2.24, 2.45) is 0 Å². The van der Waals surface area contributed by atoms with Gasteiger partial charge in [0, 0.05) is 6.08 Å². The van der Waals surface area contributed by atoms with E-state index in [4.69, 9.17) is 5.26 Å². The molecule has 0 unspecified atom stereocenters. The fourth-order valence-corrected chi connectivity index (χ4v) is 0.883. The monoisotopic (exact) mass is 183 g/mol. The van der Waals surface area contributed by atoms with E-state index in [1.165, 1.54) is 6.08 Å². The minimum absolute atomic E-state index is 1.14. The summed E-state index contributed by atoms with van der Waals surface area (Å²) < 4.78 is 0. The normalized spacial score (nSPS) is 7.36. The number of nitriles is 1. The van der Waals surface area contributed by atoms with E-state index in [-0.39, 0.29) is 0 Å². The molecule has 0 radical (unpaired) electrons. The van der Waals surface area contributed by atoms with E-state index in [9.17, 15) is 0 Å². The number of rotatable bonds is 2. The fourth-order valence-electron chi connectivity index (χ4n) is 0.883. The van der Waals surface area contributed by atoms with Crippen LogP contribution in [0.15, 0.2) is 50.1 Å². The van der Waals surface area contributed by atoms with Gasteiger partial charge in [0.1, 0.15) is 0 Å². The average Bonchev–Trinajstić information content (AvgIpc) is 2.29. The van der Waals surface area contributed by atoms with Gasteiger partial charge in [-0.05, 0) is 11.1 Å². The Morgan fingerprint density at radius 2 is 1.36 bits per heavy atom. The summed E-state index contributed by atoms with van der Waals surface area (Å²) >= 11 is 0. The second-order valence-electron chi connectivity index (χ2n) is 2.37. The van der Waals surface area contributed by atoms with Crippen molar-refractivity contribution in [3.8, 4) is 6.07 Å². The molecule has 0 amide bonds. The molecule has 0 saturated heterocycles. The van der Waals surface area contributed by atoms with Crippen molar-refractivity contribution in [1.29, 1.82) is 5.26 Å². The molecule has 0 aliphatic heterocycles. The molecule has 1 nitrogen and oxygen atoms in total. The zero-order valence-electron chi connectivity index (χ0n) is 8.11. The van der Waals surface area contributed by atoms with Gasteiger partial charge in [-0.25, -0.2) is 0 Å². The molecule has 70 valence electrons. The molecule has 14 heavy (non-hydrogen) atoms. The summed E-state index contributed by atoms with van der Waals surface area (Å²) in [5, 5.41) is 7.51. The SMILES string of the molecule is C=CC#N.C=Cc1ccccc1C=C. The number of benzene rings is 1. The minimum atomic E-state index is 1.14. The first-order chi connectivity index (χ1) is 6.79. The maximum Gasteiger partial charge on any atom is 0.0905 e. The summed E-state index contributed by atoms with van der Waals surface area (Å²) in [5.74, 6) is 0. The quantitative estimate of drug-likeness (QED) is 0.642. The standard InChI is InChI=1S/C10H10.C3H3N/c1-3-9-7-5-6-8-10(9)4-2;1-2-3-4/h3-8H,1-2H2;2H,1H2. The van der Waals surface area contributed by atoms with Gasteiger partial charge in [-0.15, -0.1) is 0 Å². The number of hydrogen-bond donors (Lipinski definition) is 0. The maximum atomic E-state index is 7.51. The van der Waals surface area contributed by atoms with Gasteiger partial charge in [-0.3, -0.25) is 0 Å². The summed E-state index contributed by atoms with van der Waals surface area (Å²) in [6.45, 7) is 10.5. The molecule has 0 saturated carbocycles. The molecule has 0 bridgehead atoms. The number of hydrogen-bond acceptors (Lipinski definition) is 1. The van der Waals surface area contributed by atoms with Gasteiger partial charge in [0.25, 0.3) is 0 Å². The van der Waals surface area contributed by atoms with E-state index in [2.05, 4.69) is 19.7 Å². The highest BCUT2D eigenvalue weighted by Crippen LogP contribution is 2.10. The van der Waals surface area contributed by atoms with Gasteiger partial charge in [0.15, 0.2) is 0 Å². The van der Waals surface area contributed by atoms with E-state index in [1.54, 1.807) is 6.07 Å². The van der Waals surface area contributed by atoms with Gasteiger partial charge in [0.2, 0.25) is 0 Å². The number of nitrogens with zero attached hydrogens (tertiary/aromatic N) is 1. The summed E-state index contributed by atoms with van der Waals surface area (Å²) in [5.41, 5.74) is 2.27. The summed E-state index contributed by atoms with van der Waals surface area (Å²) in [7, 11) is 0. The maximum absolute atomic E-state index is 7.51. The van der Waals surface area contributed by atoms with Crippen LogP contribution in [0.1, 0.15) is 11.1 Å². The molecule has 1 aromatic rings. The molecule has 1 rings (SSSR count). The first-order valence-corrected chi connectivity index (χ1v) is 4.14. The first kappa shape index (κ1) is 11.9. The third-order valence-electron chi connectivity index (χ3n) is 1.53. The van der Waals surface area contributed by atoms with Crippen molar-refractivity contribution < 1.29 is 0 Å². The fraction of sp³-hybridized carbons (Fsp3) is 0. The minimum Gasteiger partial charge on any atom is -0.193 e. The predicted molar refractivity (Wildman–Crippen MR) is 62.4 cm³/mol. The second-order valence-corrected chi connectivity index (χ2v) is 2.37. The van der Waals surface area contributed by atoms with Gasteiger partial charge < -0.3 is 0 Å². The average molecular weight is 183 g/mol. The number of allylic oxidation sites excluding steroid dienone is 1. The molecule has 0 atom stereocenters. The lowest BCUT2D eigenvalue weighted by Crippen LogP contribution is -1.76. The molecule has 0 aromatic heterocycles. The Balaban J connectivity index is 0.000000364. The van der Waals surface area contributed by atoms with E-state index in [0.29, 0.717) is 0 Å². The molecular weight excluding hydrogens is 170 g/mol. The van der Waals surface area contributed by atoms with Crippen LogP contribution in [0.4, 0.5) is 0 Å². The van der Waals surface area contributed by atoms with E-state index >= 15 is 0 Å². The lowest BCUT2D eigenvalue weighted by molar-refractivity contribution is 1.54. The Bertz CT molecular complexity index is 329. The van der Waals surface area contributed by atoms with Crippen molar-refractivity contribution in [2.75, 3.05) is 0 Å². The molecular formula is C13H13N. The molecule has 1 aromatic carbocycles. The van der Waals surface area contributed by atoms with Gasteiger partial charge in [-0.2, -0.15) is 5.26 Å². The molecule has 0 N–H and O–H groups in total. The van der Waals surface area contributed by atoms with Crippen molar-refractivity contribution in [3.05, 3.63) is 61.2 Å². The Morgan fingerprint density at radius 3 is 1.57 bits per heavy atom. The Hall–Kier alpha value is -2.07. The van der Waals surface area contributed by atoms with Crippen LogP contribution < -0.4 is 0 Å². The van der Waals surface area contributed by atoms with Crippen LogP contribution in [0.2, 0.25) is 0 Å². The highest BCUT2D eigenvalue weighted by molar-refractivity contribution is 5.63. The van der Waals surface area contributed by atoms with Crippen molar-refractivity contribution in [1.82, 2.24) is 0 Å². The van der Waals surface area contributed by atoms with E-state index in [0.717, 1.165) is 11.1 Å². The topological polar surface area (TPSA) is 23.8 Å². The lowest BCUT2D eigenvalue weighted by Gasteiger charge is -1.96. The van der Waals surface area contributed by atoms with Gasteiger partial charge in [0.05, 0.1) is 6.07 Å².